The number of hydrogen-bond acceptors (Lipinski definition) is 4. The Bertz CT molecular complexity index is 579. The van der Waals surface area contributed by atoms with Crippen LogP contribution in [0.25, 0.3) is 0 Å². The van der Waals surface area contributed by atoms with E-state index in [1.54, 1.807) is 25.6 Å². The zero-order valence-electron chi connectivity index (χ0n) is 10.8. The van der Waals surface area contributed by atoms with Gasteiger partial charge in [-0.05, 0) is 13.8 Å². The number of nitrogens with zero attached hydrogens (tertiary/aromatic N) is 3. The molecule has 0 aliphatic carbocycles. The van der Waals surface area contributed by atoms with Crippen LogP contribution < -0.4 is 0 Å². The van der Waals surface area contributed by atoms with Gasteiger partial charge in [0, 0.05) is 33.0 Å². The Hall–Kier alpha value is -1.21. The molecule has 0 spiro atoms. The van der Waals surface area contributed by atoms with Gasteiger partial charge in [0.05, 0.1) is 11.4 Å². The molecule has 0 amide bonds. The maximum Gasteiger partial charge on any atom is 0.246 e. The van der Waals surface area contributed by atoms with E-state index in [0.717, 1.165) is 0 Å². The lowest BCUT2D eigenvalue weighted by atomic mass is 10.1. The van der Waals surface area contributed by atoms with Gasteiger partial charge in [0.2, 0.25) is 10.0 Å². The lowest BCUT2D eigenvalue weighted by Crippen LogP contribution is -2.38. The molecule has 0 radical (unpaired) electrons. The molecule has 1 saturated heterocycles. The molecule has 0 bridgehead atoms. The molecule has 1 aromatic rings. The Morgan fingerprint density at radius 2 is 1.72 bits per heavy atom. The molecule has 1 aliphatic rings. The van der Waals surface area contributed by atoms with Crippen LogP contribution in [0.4, 0.5) is 0 Å². The van der Waals surface area contributed by atoms with Crippen molar-refractivity contribution in [2.45, 2.75) is 31.6 Å². The van der Waals surface area contributed by atoms with E-state index in [9.17, 15) is 13.2 Å². The molecule has 2 rings (SSSR count). The second-order valence-corrected chi connectivity index (χ2v) is 6.44. The normalized spacial score (nSPS) is 18.3. The van der Waals surface area contributed by atoms with Gasteiger partial charge in [0.25, 0.3) is 0 Å². The van der Waals surface area contributed by atoms with Gasteiger partial charge in [-0.1, -0.05) is 0 Å². The first-order valence-electron chi connectivity index (χ1n) is 5.86. The van der Waals surface area contributed by atoms with Gasteiger partial charge in [-0.15, -0.1) is 0 Å². The van der Waals surface area contributed by atoms with Crippen molar-refractivity contribution in [3.05, 3.63) is 11.4 Å². The van der Waals surface area contributed by atoms with Crippen molar-refractivity contribution in [3.63, 3.8) is 0 Å². The van der Waals surface area contributed by atoms with Crippen molar-refractivity contribution in [1.82, 2.24) is 14.1 Å². The molecular weight excluding hydrogens is 254 g/mol. The summed E-state index contributed by atoms with van der Waals surface area (Å²) < 4.78 is 28.0. The number of piperidine rings is 1. The van der Waals surface area contributed by atoms with Crippen LogP contribution >= 0.6 is 0 Å². The minimum absolute atomic E-state index is 0.126. The molecule has 0 aromatic carbocycles. The summed E-state index contributed by atoms with van der Waals surface area (Å²) in [5.74, 6) is 0.126. The zero-order valence-corrected chi connectivity index (χ0v) is 11.6. The Morgan fingerprint density at radius 3 is 2.17 bits per heavy atom. The maximum atomic E-state index is 12.5. The van der Waals surface area contributed by atoms with Crippen LogP contribution in [0.1, 0.15) is 24.2 Å². The summed E-state index contributed by atoms with van der Waals surface area (Å²) in [6.45, 7) is 3.97. The van der Waals surface area contributed by atoms with Gasteiger partial charge in [-0.3, -0.25) is 9.48 Å². The van der Waals surface area contributed by atoms with Crippen LogP contribution in [0, 0.1) is 13.8 Å². The number of carbonyl (C=O) groups excluding carboxylic acids is 1. The van der Waals surface area contributed by atoms with E-state index < -0.39 is 10.0 Å². The highest BCUT2D eigenvalue weighted by molar-refractivity contribution is 7.89. The number of carbonyl (C=O) groups is 1. The van der Waals surface area contributed by atoms with Gasteiger partial charge < -0.3 is 0 Å². The Labute approximate surface area is 107 Å². The van der Waals surface area contributed by atoms with Crippen LogP contribution in [-0.4, -0.2) is 41.4 Å². The van der Waals surface area contributed by atoms with Crippen molar-refractivity contribution in [1.29, 1.82) is 0 Å². The summed E-state index contributed by atoms with van der Waals surface area (Å²) in [5, 5.41) is 4.13. The second kappa shape index (κ2) is 4.47. The smallest absolute Gasteiger partial charge is 0.246 e. The first-order valence-corrected chi connectivity index (χ1v) is 7.30. The third-order valence-corrected chi connectivity index (χ3v) is 5.47. The van der Waals surface area contributed by atoms with Crippen molar-refractivity contribution < 1.29 is 13.2 Å². The summed E-state index contributed by atoms with van der Waals surface area (Å²) in [7, 11) is -1.80. The average molecular weight is 271 g/mol. The molecule has 0 unspecified atom stereocenters. The Balaban J connectivity index is 2.39. The SMILES string of the molecule is Cc1nn(C)c(C)c1S(=O)(=O)N1CCC(=O)CC1. The fraction of sp³-hybridized carbons (Fsp3) is 0.636. The molecule has 18 heavy (non-hydrogen) atoms. The van der Waals surface area contributed by atoms with Gasteiger partial charge in [-0.25, -0.2) is 8.42 Å². The van der Waals surface area contributed by atoms with Gasteiger partial charge in [0.1, 0.15) is 10.7 Å². The van der Waals surface area contributed by atoms with Crippen molar-refractivity contribution in [2.24, 2.45) is 7.05 Å². The summed E-state index contributed by atoms with van der Waals surface area (Å²) >= 11 is 0. The van der Waals surface area contributed by atoms with Crippen LogP contribution in [0.2, 0.25) is 0 Å². The number of aromatic nitrogens is 2. The Morgan fingerprint density at radius 1 is 1.17 bits per heavy atom. The summed E-state index contributed by atoms with van der Waals surface area (Å²) in [6, 6.07) is 0. The standard InChI is InChI=1S/C11H17N3O3S/c1-8-11(9(2)13(3)12-8)18(16,17)14-6-4-10(15)5-7-14/h4-7H2,1-3H3. The molecule has 1 aromatic heterocycles. The van der Waals surface area contributed by atoms with E-state index in [2.05, 4.69) is 5.10 Å². The molecule has 0 saturated carbocycles. The molecule has 7 heteroatoms. The Kier molecular flexibility index (Phi) is 3.29. The second-order valence-electron chi connectivity index (χ2n) is 4.57. The molecule has 2 heterocycles. The van der Waals surface area contributed by atoms with Crippen molar-refractivity contribution >= 4 is 15.8 Å². The van der Waals surface area contributed by atoms with Crippen molar-refractivity contribution in [2.75, 3.05) is 13.1 Å². The lowest BCUT2D eigenvalue weighted by molar-refractivity contribution is -0.120. The molecule has 6 nitrogen and oxygen atoms in total. The minimum Gasteiger partial charge on any atom is -0.300 e. The number of sulfonamides is 1. The van der Waals surface area contributed by atoms with Gasteiger partial charge in [-0.2, -0.15) is 9.40 Å². The van der Waals surface area contributed by atoms with Gasteiger partial charge in [0.15, 0.2) is 0 Å². The van der Waals surface area contributed by atoms with Crippen LogP contribution in [0.15, 0.2) is 4.90 Å². The first kappa shape index (κ1) is 13.2. The number of aryl methyl sites for hydroxylation is 2. The monoisotopic (exact) mass is 271 g/mol. The molecule has 1 aliphatic heterocycles. The van der Waals surface area contributed by atoms with Crippen LogP contribution in [0.5, 0.6) is 0 Å². The third kappa shape index (κ3) is 2.08. The zero-order chi connectivity index (χ0) is 13.5. The minimum atomic E-state index is -3.53. The average Bonchev–Trinajstić information content (AvgIpc) is 2.54. The van der Waals surface area contributed by atoms with E-state index in [1.807, 2.05) is 0 Å². The van der Waals surface area contributed by atoms with E-state index in [0.29, 0.717) is 24.2 Å². The predicted molar refractivity (Wildman–Crippen MR) is 65.7 cm³/mol. The van der Waals surface area contributed by atoms with E-state index >= 15 is 0 Å². The highest BCUT2D eigenvalue weighted by Crippen LogP contribution is 2.24. The van der Waals surface area contributed by atoms with E-state index in [4.69, 9.17) is 0 Å². The van der Waals surface area contributed by atoms with E-state index in [-0.39, 0.29) is 23.8 Å². The predicted octanol–water partition coefficient (Wildman–Crippen LogP) is 0.391. The summed E-state index contributed by atoms with van der Waals surface area (Å²) in [6.07, 6.45) is 0.606. The quantitative estimate of drug-likeness (QED) is 0.780. The summed E-state index contributed by atoms with van der Waals surface area (Å²) in [5.41, 5.74) is 1.14. The van der Waals surface area contributed by atoms with Crippen LogP contribution in [0.3, 0.4) is 0 Å². The molecule has 0 N–H and O–H groups in total. The van der Waals surface area contributed by atoms with E-state index in [1.165, 1.54) is 4.31 Å². The number of rotatable bonds is 2. The van der Waals surface area contributed by atoms with Gasteiger partial charge >= 0.3 is 0 Å². The molecular formula is C11H17N3O3S. The van der Waals surface area contributed by atoms with Crippen molar-refractivity contribution in [3.8, 4) is 0 Å². The highest BCUT2D eigenvalue weighted by Gasteiger charge is 2.32. The molecule has 1 fully saturated rings. The van der Waals surface area contributed by atoms with Crippen LogP contribution in [-0.2, 0) is 21.9 Å². The first-order chi connectivity index (χ1) is 8.34. The highest BCUT2D eigenvalue weighted by atomic mass is 32.2. The third-order valence-electron chi connectivity index (χ3n) is 3.32. The summed E-state index contributed by atoms with van der Waals surface area (Å²) in [4.78, 5) is 11.4. The fourth-order valence-electron chi connectivity index (χ4n) is 2.23. The number of ketones is 1. The lowest BCUT2D eigenvalue weighted by Gasteiger charge is -2.25. The molecule has 100 valence electrons. The topological polar surface area (TPSA) is 72.3 Å². The maximum absolute atomic E-state index is 12.5. The largest absolute Gasteiger partial charge is 0.300 e. The fourth-order valence-corrected chi connectivity index (χ4v) is 4.07. The molecule has 0 atom stereocenters. The number of Topliss-reactive ketones (excluding diaryl/α,β-unsaturated/α-hetero) is 1. The number of hydrogen-bond donors (Lipinski definition) is 0.